The van der Waals surface area contributed by atoms with E-state index in [1.807, 2.05) is 38.1 Å². The molecule has 2 rings (SSSR count). The Morgan fingerprint density at radius 2 is 2.10 bits per heavy atom. The Hall–Kier alpha value is -1.39. The van der Waals surface area contributed by atoms with Crippen LogP contribution in [0.2, 0.25) is 0 Å². The third-order valence-corrected chi connectivity index (χ3v) is 3.43. The zero-order valence-corrected chi connectivity index (χ0v) is 12.3. The monoisotopic (exact) mass is 276 g/mol. The molecule has 1 heterocycles. The lowest BCUT2D eigenvalue weighted by Gasteiger charge is -2.22. The van der Waals surface area contributed by atoms with E-state index in [9.17, 15) is 4.79 Å². The van der Waals surface area contributed by atoms with Gasteiger partial charge in [0, 0.05) is 5.69 Å². The summed E-state index contributed by atoms with van der Waals surface area (Å²) in [6.07, 6.45) is 3.43. The van der Waals surface area contributed by atoms with E-state index in [1.54, 1.807) is 0 Å². The maximum atomic E-state index is 12.1. The summed E-state index contributed by atoms with van der Waals surface area (Å²) in [5, 5.41) is 6.21. The fraction of sp³-hybridized carbons (Fsp3) is 0.562. The third-order valence-electron chi connectivity index (χ3n) is 3.43. The van der Waals surface area contributed by atoms with Gasteiger partial charge >= 0.3 is 0 Å². The molecule has 0 radical (unpaired) electrons. The Morgan fingerprint density at radius 3 is 2.70 bits per heavy atom. The van der Waals surface area contributed by atoms with Crippen molar-refractivity contribution in [2.24, 2.45) is 0 Å². The van der Waals surface area contributed by atoms with Gasteiger partial charge in [-0.3, -0.25) is 4.79 Å². The van der Waals surface area contributed by atoms with Crippen LogP contribution < -0.4 is 10.6 Å². The molecule has 0 saturated carbocycles. The molecule has 0 aromatic heterocycles. The highest BCUT2D eigenvalue weighted by molar-refractivity contribution is 5.94. The van der Waals surface area contributed by atoms with E-state index in [0.717, 1.165) is 37.1 Å². The Labute approximate surface area is 120 Å². The number of carbonyl (C=O) groups is 1. The van der Waals surface area contributed by atoms with Crippen molar-refractivity contribution >= 4 is 11.6 Å². The molecule has 1 aromatic rings. The summed E-state index contributed by atoms with van der Waals surface area (Å²) in [5.74, 6) is 0.0656. The van der Waals surface area contributed by atoms with Gasteiger partial charge in [-0.1, -0.05) is 18.6 Å². The molecule has 1 amide bonds. The summed E-state index contributed by atoms with van der Waals surface area (Å²) in [4.78, 5) is 12.1. The number of benzene rings is 1. The van der Waals surface area contributed by atoms with Crippen molar-refractivity contribution in [3.8, 4) is 0 Å². The number of rotatable bonds is 5. The van der Waals surface area contributed by atoms with Crippen LogP contribution in [0.4, 0.5) is 5.69 Å². The van der Waals surface area contributed by atoms with E-state index in [2.05, 4.69) is 10.6 Å². The lowest BCUT2D eigenvalue weighted by molar-refractivity contribution is -0.118. The average molecular weight is 276 g/mol. The normalized spacial score (nSPS) is 19.1. The molecule has 20 heavy (non-hydrogen) atoms. The van der Waals surface area contributed by atoms with Crippen LogP contribution in [-0.4, -0.2) is 24.6 Å². The quantitative estimate of drug-likeness (QED) is 0.869. The highest BCUT2D eigenvalue weighted by Gasteiger charge is 2.20. The third kappa shape index (κ3) is 4.62. The molecular formula is C16H24N2O2. The van der Waals surface area contributed by atoms with Gasteiger partial charge in [-0.05, 0) is 50.9 Å². The summed E-state index contributed by atoms with van der Waals surface area (Å²) in [7, 11) is 0. The van der Waals surface area contributed by atoms with Gasteiger partial charge in [-0.15, -0.1) is 0 Å². The van der Waals surface area contributed by atoms with Crippen molar-refractivity contribution in [1.82, 2.24) is 5.32 Å². The van der Waals surface area contributed by atoms with Gasteiger partial charge < -0.3 is 15.4 Å². The molecule has 1 aliphatic heterocycles. The molecule has 0 aliphatic carbocycles. The molecule has 1 saturated heterocycles. The minimum atomic E-state index is -0.0484. The van der Waals surface area contributed by atoms with Crippen LogP contribution in [-0.2, 0) is 16.1 Å². The summed E-state index contributed by atoms with van der Waals surface area (Å²) in [6.45, 7) is 5.58. The fourth-order valence-corrected chi connectivity index (χ4v) is 2.25. The Kier molecular flexibility index (Phi) is 5.56. The SMILES string of the molecule is CC(C)OCc1ccc(NC(=O)C2CCCCN2)cc1. The topological polar surface area (TPSA) is 50.4 Å². The first-order valence-electron chi connectivity index (χ1n) is 7.40. The fourth-order valence-electron chi connectivity index (χ4n) is 2.25. The molecule has 0 bridgehead atoms. The molecular weight excluding hydrogens is 252 g/mol. The van der Waals surface area contributed by atoms with Gasteiger partial charge in [0.15, 0.2) is 0 Å². The van der Waals surface area contributed by atoms with E-state index in [0.29, 0.717) is 6.61 Å². The Morgan fingerprint density at radius 1 is 1.35 bits per heavy atom. The maximum absolute atomic E-state index is 12.1. The first-order valence-corrected chi connectivity index (χ1v) is 7.40. The van der Waals surface area contributed by atoms with Gasteiger partial charge in [0.2, 0.25) is 5.91 Å². The van der Waals surface area contributed by atoms with Crippen molar-refractivity contribution in [3.05, 3.63) is 29.8 Å². The summed E-state index contributed by atoms with van der Waals surface area (Å²) in [6, 6.07) is 7.80. The van der Waals surface area contributed by atoms with Crippen LogP contribution in [0.3, 0.4) is 0 Å². The summed E-state index contributed by atoms with van der Waals surface area (Å²) >= 11 is 0. The molecule has 1 fully saturated rings. The van der Waals surface area contributed by atoms with Gasteiger partial charge in [-0.2, -0.15) is 0 Å². The number of amides is 1. The Bertz CT molecular complexity index is 423. The van der Waals surface area contributed by atoms with E-state index in [4.69, 9.17) is 4.74 Å². The van der Waals surface area contributed by atoms with Crippen LogP contribution in [0.15, 0.2) is 24.3 Å². The molecule has 2 N–H and O–H groups in total. The smallest absolute Gasteiger partial charge is 0.241 e. The molecule has 4 nitrogen and oxygen atoms in total. The van der Waals surface area contributed by atoms with E-state index >= 15 is 0 Å². The average Bonchev–Trinajstić information content (AvgIpc) is 2.47. The predicted molar refractivity (Wildman–Crippen MR) is 80.6 cm³/mol. The number of anilines is 1. The molecule has 1 atom stereocenters. The lowest BCUT2D eigenvalue weighted by atomic mass is 10.0. The zero-order chi connectivity index (χ0) is 14.4. The van der Waals surface area contributed by atoms with Crippen LogP contribution >= 0.6 is 0 Å². The van der Waals surface area contributed by atoms with Gasteiger partial charge in [-0.25, -0.2) is 0 Å². The number of ether oxygens (including phenoxy) is 1. The summed E-state index contributed by atoms with van der Waals surface area (Å²) in [5.41, 5.74) is 1.96. The first kappa shape index (κ1) is 15.0. The minimum absolute atomic E-state index is 0.0484. The number of carbonyl (C=O) groups excluding carboxylic acids is 1. The standard InChI is InChI=1S/C16H24N2O2/c1-12(2)20-11-13-6-8-14(9-7-13)18-16(19)15-5-3-4-10-17-15/h6-9,12,15,17H,3-5,10-11H2,1-2H3,(H,18,19). The molecule has 1 aromatic carbocycles. The van der Waals surface area contributed by atoms with Crippen molar-refractivity contribution in [1.29, 1.82) is 0 Å². The second-order valence-electron chi connectivity index (χ2n) is 5.55. The van der Waals surface area contributed by atoms with E-state index in [-0.39, 0.29) is 18.1 Å². The number of piperidine rings is 1. The van der Waals surface area contributed by atoms with Gasteiger partial charge in [0.25, 0.3) is 0 Å². The maximum Gasteiger partial charge on any atom is 0.241 e. The van der Waals surface area contributed by atoms with Crippen LogP contribution in [0.25, 0.3) is 0 Å². The number of nitrogens with one attached hydrogen (secondary N) is 2. The second kappa shape index (κ2) is 7.41. The number of hydrogen-bond donors (Lipinski definition) is 2. The summed E-state index contributed by atoms with van der Waals surface area (Å²) < 4.78 is 5.55. The number of hydrogen-bond acceptors (Lipinski definition) is 3. The second-order valence-corrected chi connectivity index (χ2v) is 5.55. The van der Waals surface area contributed by atoms with E-state index in [1.165, 1.54) is 0 Å². The van der Waals surface area contributed by atoms with Crippen LogP contribution in [0.5, 0.6) is 0 Å². The van der Waals surface area contributed by atoms with Gasteiger partial charge in [0.1, 0.15) is 0 Å². The van der Waals surface area contributed by atoms with Crippen molar-refractivity contribution in [3.63, 3.8) is 0 Å². The molecule has 4 heteroatoms. The largest absolute Gasteiger partial charge is 0.374 e. The van der Waals surface area contributed by atoms with Crippen LogP contribution in [0.1, 0.15) is 38.7 Å². The molecule has 110 valence electrons. The zero-order valence-electron chi connectivity index (χ0n) is 12.3. The van der Waals surface area contributed by atoms with E-state index < -0.39 is 0 Å². The molecule has 0 spiro atoms. The van der Waals surface area contributed by atoms with Crippen LogP contribution in [0, 0.1) is 0 Å². The van der Waals surface area contributed by atoms with Crippen molar-refractivity contribution < 1.29 is 9.53 Å². The van der Waals surface area contributed by atoms with Gasteiger partial charge in [0.05, 0.1) is 18.8 Å². The highest BCUT2D eigenvalue weighted by atomic mass is 16.5. The highest BCUT2D eigenvalue weighted by Crippen LogP contribution is 2.13. The van der Waals surface area contributed by atoms with Crippen molar-refractivity contribution in [2.45, 2.75) is 51.9 Å². The lowest BCUT2D eigenvalue weighted by Crippen LogP contribution is -2.43. The molecule has 1 aliphatic rings. The molecule has 1 unspecified atom stereocenters. The van der Waals surface area contributed by atoms with Crippen molar-refractivity contribution in [2.75, 3.05) is 11.9 Å². The first-order chi connectivity index (χ1) is 9.65. The minimum Gasteiger partial charge on any atom is -0.374 e. The Balaban J connectivity index is 1.84. The predicted octanol–water partition coefficient (Wildman–Crippen LogP) is 2.69.